The Bertz CT molecular complexity index is 601. The Morgan fingerprint density at radius 2 is 1.96 bits per heavy atom. The second-order valence-electron chi connectivity index (χ2n) is 6.46. The maximum atomic E-state index is 12.3. The Labute approximate surface area is 136 Å². The predicted octanol–water partition coefficient (Wildman–Crippen LogP) is 2.37. The van der Waals surface area contributed by atoms with Crippen LogP contribution in [0.25, 0.3) is 0 Å². The summed E-state index contributed by atoms with van der Waals surface area (Å²) in [6.45, 7) is 11.1. The van der Waals surface area contributed by atoms with Gasteiger partial charge in [0, 0.05) is 30.8 Å². The van der Waals surface area contributed by atoms with Crippen LogP contribution in [0.2, 0.25) is 0 Å². The van der Waals surface area contributed by atoms with E-state index in [-0.39, 0.29) is 6.09 Å². The minimum absolute atomic E-state index is 0.294. The lowest BCUT2D eigenvalue weighted by molar-refractivity contribution is 0.0219. The number of hydrogen-bond acceptors (Lipinski definition) is 5. The summed E-state index contributed by atoms with van der Waals surface area (Å²) in [5.74, 6) is -0.443. The molecule has 0 atom stereocenters. The van der Waals surface area contributed by atoms with Crippen LogP contribution in [-0.4, -0.2) is 45.5 Å². The summed E-state index contributed by atoms with van der Waals surface area (Å²) >= 11 is 0. The standard InChI is InChI=1S/C16H25N3O4/c1-6-19-12-8-9-18(15(21)23-16(3,4)5)10-11(12)13(17-19)14(20)22-7-2/h6-10H2,1-5H3. The van der Waals surface area contributed by atoms with Gasteiger partial charge >= 0.3 is 12.1 Å². The molecule has 2 rings (SSSR count). The van der Waals surface area contributed by atoms with E-state index < -0.39 is 11.6 Å². The van der Waals surface area contributed by atoms with Crippen molar-refractivity contribution in [1.82, 2.24) is 14.7 Å². The zero-order valence-electron chi connectivity index (χ0n) is 14.5. The Morgan fingerprint density at radius 1 is 1.26 bits per heavy atom. The van der Waals surface area contributed by atoms with Crippen LogP contribution in [-0.2, 0) is 29.0 Å². The van der Waals surface area contributed by atoms with Gasteiger partial charge in [0.25, 0.3) is 0 Å². The van der Waals surface area contributed by atoms with Crippen LogP contribution in [0.1, 0.15) is 56.4 Å². The van der Waals surface area contributed by atoms with Crippen molar-refractivity contribution in [2.24, 2.45) is 0 Å². The molecule has 0 fully saturated rings. The maximum Gasteiger partial charge on any atom is 0.410 e. The highest BCUT2D eigenvalue weighted by atomic mass is 16.6. The van der Waals surface area contributed by atoms with Crippen molar-refractivity contribution in [3.05, 3.63) is 17.0 Å². The maximum absolute atomic E-state index is 12.3. The minimum Gasteiger partial charge on any atom is -0.461 e. The van der Waals surface area contributed by atoms with Crippen molar-refractivity contribution < 1.29 is 19.1 Å². The molecule has 0 N–H and O–H groups in total. The molecule has 0 aromatic carbocycles. The Kier molecular flexibility index (Phi) is 4.97. The fourth-order valence-corrected chi connectivity index (χ4v) is 2.60. The molecule has 7 nitrogen and oxygen atoms in total. The second kappa shape index (κ2) is 6.60. The normalized spacial score (nSPS) is 14.4. The SMILES string of the molecule is CCOC(=O)c1nn(CC)c2c1CN(C(=O)OC(C)(C)C)CC2. The number of carbonyl (C=O) groups excluding carboxylic acids is 2. The van der Waals surface area contributed by atoms with Crippen molar-refractivity contribution in [1.29, 1.82) is 0 Å². The molecule has 0 aliphatic carbocycles. The van der Waals surface area contributed by atoms with Gasteiger partial charge in [-0.1, -0.05) is 0 Å². The van der Waals surface area contributed by atoms with E-state index in [2.05, 4.69) is 5.10 Å². The summed E-state index contributed by atoms with van der Waals surface area (Å²) in [7, 11) is 0. The molecule has 1 amide bonds. The Hall–Kier alpha value is -2.05. The molecule has 0 spiro atoms. The molecule has 0 saturated carbocycles. The molecule has 0 radical (unpaired) electrons. The molecule has 7 heteroatoms. The first-order valence-corrected chi connectivity index (χ1v) is 8.00. The lowest BCUT2D eigenvalue weighted by Crippen LogP contribution is -2.40. The van der Waals surface area contributed by atoms with Crippen LogP contribution in [0.5, 0.6) is 0 Å². The highest BCUT2D eigenvalue weighted by molar-refractivity contribution is 5.89. The number of aromatic nitrogens is 2. The molecule has 1 aromatic rings. The van der Waals surface area contributed by atoms with Crippen LogP contribution in [0.15, 0.2) is 0 Å². The number of rotatable bonds is 3. The van der Waals surface area contributed by atoms with E-state index in [1.54, 1.807) is 11.8 Å². The lowest BCUT2D eigenvalue weighted by atomic mass is 10.1. The Balaban J connectivity index is 2.26. The smallest absolute Gasteiger partial charge is 0.410 e. The average Bonchev–Trinajstić information content (AvgIpc) is 2.83. The van der Waals surface area contributed by atoms with Gasteiger partial charge in [-0.25, -0.2) is 9.59 Å². The lowest BCUT2D eigenvalue weighted by Gasteiger charge is -2.30. The number of fused-ring (bicyclic) bond motifs is 1. The fraction of sp³-hybridized carbons (Fsp3) is 0.688. The number of amides is 1. The molecule has 0 unspecified atom stereocenters. The van der Waals surface area contributed by atoms with E-state index in [1.807, 2.05) is 32.4 Å². The van der Waals surface area contributed by atoms with Crippen LogP contribution < -0.4 is 0 Å². The van der Waals surface area contributed by atoms with Crippen LogP contribution in [0.3, 0.4) is 0 Å². The molecule has 1 aliphatic heterocycles. The molecular formula is C16H25N3O4. The zero-order valence-corrected chi connectivity index (χ0v) is 14.5. The number of carbonyl (C=O) groups is 2. The first-order valence-electron chi connectivity index (χ1n) is 8.00. The van der Waals surface area contributed by atoms with Gasteiger partial charge < -0.3 is 14.4 Å². The van der Waals surface area contributed by atoms with E-state index in [4.69, 9.17) is 9.47 Å². The molecule has 23 heavy (non-hydrogen) atoms. The second-order valence-corrected chi connectivity index (χ2v) is 6.46. The van der Waals surface area contributed by atoms with Gasteiger partial charge in [-0.3, -0.25) is 4.68 Å². The Morgan fingerprint density at radius 3 is 2.52 bits per heavy atom. The van der Waals surface area contributed by atoms with Gasteiger partial charge in [-0.15, -0.1) is 0 Å². The van der Waals surface area contributed by atoms with Crippen LogP contribution >= 0.6 is 0 Å². The quantitative estimate of drug-likeness (QED) is 0.798. The van der Waals surface area contributed by atoms with E-state index in [9.17, 15) is 9.59 Å². The summed E-state index contributed by atoms with van der Waals surface area (Å²) in [6.07, 6.45) is 0.275. The van der Waals surface area contributed by atoms with E-state index in [0.717, 1.165) is 11.3 Å². The molecular weight excluding hydrogens is 298 g/mol. The molecule has 1 aliphatic rings. The van der Waals surface area contributed by atoms with Crippen LogP contribution in [0.4, 0.5) is 4.79 Å². The predicted molar refractivity (Wildman–Crippen MR) is 84.2 cm³/mol. The van der Waals surface area contributed by atoms with Crippen molar-refractivity contribution in [2.75, 3.05) is 13.2 Å². The number of nitrogens with zero attached hydrogens (tertiary/aromatic N) is 3. The monoisotopic (exact) mass is 323 g/mol. The number of esters is 1. The largest absolute Gasteiger partial charge is 0.461 e. The van der Waals surface area contributed by atoms with Crippen molar-refractivity contribution in [3.63, 3.8) is 0 Å². The number of aryl methyl sites for hydroxylation is 1. The fourth-order valence-electron chi connectivity index (χ4n) is 2.60. The van der Waals surface area contributed by atoms with E-state index in [1.165, 1.54) is 0 Å². The first-order chi connectivity index (χ1) is 10.8. The molecule has 0 saturated heterocycles. The van der Waals surface area contributed by atoms with Crippen LogP contribution in [0, 0.1) is 0 Å². The van der Waals surface area contributed by atoms with E-state index in [0.29, 0.717) is 38.4 Å². The summed E-state index contributed by atoms with van der Waals surface area (Å²) in [5, 5.41) is 4.36. The van der Waals surface area contributed by atoms with Gasteiger partial charge in [0.15, 0.2) is 5.69 Å². The third kappa shape index (κ3) is 3.83. The first kappa shape index (κ1) is 17.3. The summed E-state index contributed by atoms with van der Waals surface area (Å²) < 4.78 is 12.3. The topological polar surface area (TPSA) is 73.7 Å². The van der Waals surface area contributed by atoms with Gasteiger partial charge in [0.2, 0.25) is 0 Å². The van der Waals surface area contributed by atoms with Gasteiger partial charge in [-0.2, -0.15) is 5.10 Å². The molecule has 0 bridgehead atoms. The van der Waals surface area contributed by atoms with Gasteiger partial charge in [-0.05, 0) is 34.6 Å². The third-order valence-electron chi connectivity index (χ3n) is 3.55. The third-order valence-corrected chi connectivity index (χ3v) is 3.55. The summed E-state index contributed by atoms with van der Waals surface area (Å²) in [5.41, 5.74) is 1.52. The summed E-state index contributed by atoms with van der Waals surface area (Å²) in [4.78, 5) is 26.0. The summed E-state index contributed by atoms with van der Waals surface area (Å²) in [6, 6.07) is 0. The van der Waals surface area contributed by atoms with Gasteiger partial charge in [0.05, 0.1) is 13.2 Å². The molecule has 2 heterocycles. The van der Waals surface area contributed by atoms with E-state index >= 15 is 0 Å². The highest BCUT2D eigenvalue weighted by Crippen LogP contribution is 2.25. The molecule has 1 aromatic heterocycles. The van der Waals surface area contributed by atoms with Crippen molar-refractivity contribution in [3.8, 4) is 0 Å². The number of ether oxygens (including phenoxy) is 2. The van der Waals surface area contributed by atoms with Crippen molar-refractivity contribution >= 4 is 12.1 Å². The van der Waals surface area contributed by atoms with Crippen molar-refractivity contribution in [2.45, 2.75) is 59.7 Å². The average molecular weight is 323 g/mol. The number of hydrogen-bond donors (Lipinski definition) is 0. The zero-order chi connectivity index (χ0) is 17.2. The highest BCUT2D eigenvalue weighted by Gasteiger charge is 2.32. The molecule has 128 valence electrons. The minimum atomic E-state index is -0.547. The van der Waals surface area contributed by atoms with Gasteiger partial charge in [0.1, 0.15) is 5.60 Å².